The Morgan fingerprint density at radius 3 is 2.89 bits per heavy atom. The molecule has 3 rings (SSSR count). The van der Waals surface area contributed by atoms with E-state index >= 15 is 0 Å². The van der Waals surface area contributed by atoms with Crippen molar-refractivity contribution in [2.75, 3.05) is 6.61 Å². The summed E-state index contributed by atoms with van der Waals surface area (Å²) < 4.78 is 11.2. The van der Waals surface area contributed by atoms with Gasteiger partial charge in [0.1, 0.15) is 11.9 Å². The average molecular weight is 277 g/mol. The van der Waals surface area contributed by atoms with E-state index in [0.29, 0.717) is 29.4 Å². The lowest BCUT2D eigenvalue weighted by Gasteiger charge is -2.26. The maximum Gasteiger partial charge on any atom is 0.185 e. The molecule has 1 unspecified atom stereocenters. The SMILES string of the molecule is Cc1oc(C=O)cc1C1OCCc2ccc(Cl)cc21. The molecule has 0 amide bonds. The fraction of sp³-hybridized carbons (Fsp3) is 0.267. The van der Waals surface area contributed by atoms with Crippen molar-refractivity contribution in [3.05, 3.63) is 57.5 Å². The highest BCUT2D eigenvalue weighted by atomic mass is 35.5. The van der Waals surface area contributed by atoms with Gasteiger partial charge < -0.3 is 9.15 Å². The van der Waals surface area contributed by atoms with Crippen LogP contribution >= 0.6 is 11.6 Å². The maximum atomic E-state index is 10.8. The Morgan fingerprint density at radius 1 is 1.32 bits per heavy atom. The van der Waals surface area contributed by atoms with Gasteiger partial charge in [0.2, 0.25) is 0 Å². The van der Waals surface area contributed by atoms with Crippen molar-refractivity contribution in [1.29, 1.82) is 0 Å². The molecule has 2 heterocycles. The van der Waals surface area contributed by atoms with E-state index in [9.17, 15) is 4.79 Å². The number of aryl methyl sites for hydroxylation is 1. The first-order chi connectivity index (χ1) is 9.19. The van der Waals surface area contributed by atoms with E-state index in [1.807, 2.05) is 25.1 Å². The molecule has 2 aromatic rings. The van der Waals surface area contributed by atoms with Crippen LogP contribution in [0.2, 0.25) is 5.02 Å². The lowest BCUT2D eigenvalue weighted by molar-refractivity contribution is 0.0689. The minimum atomic E-state index is -0.208. The van der Waals surface area contributed by atoms with Crippen LogP contribution < -0.4 is 0 Å². The van der Waals surface area contributed by atoms with Gasteiger partial charge in [-0.15, -0.1) is 0 Å². The van der Waals surface area contributed by atoms with Crippen LogP contribution in [0, 0.1) is 6.92 Å². The van der Waals surface area contributed by atoms with E-state index in [2.05, 4.69) is 0 Å². The molecule has 1 atom stereocenters. The topological polar surface area (TPSA) is 39.4 Å². The zero-order valence-corrected chi connectivity index (χ0v) is 11.2. The van der Waals surface area contributed by atoms with Crippen molar-refractivity contribution in [3.8, 4) is 0 Å². The number of furan rings is 1. The Morgan fingerprint density at radius 2 is 2.16 bits per heavy atom. The number of rotatable bonds is 2. The second kappa shape index (κ2) is 4.83. The molecule has 19 heavy (non-hydrogen) atoms. The molecule has 1 aromatic carbocycles. The Labute approximate surface area is 116 Å². The van der Waals surface area contributed by atoms with Gasteiger partial charge in [-0.2, -0.15) is 0 Å². The minimum absolute atomic E-state index is 0.208. The van der Waals surface area contributed by atoms with Gasteiger partial charge in [-0.25, -0.2) is 0 Å². The first kappa shape index (κ1) is 12.5. The molecule has 0 spiro atoms. The third-order valence-corrected chi connectivity index (χ3v) is 3.66. The number of ether oxygens (including phenoxy) is 1. The molecule has 0 aliphatic carbocycles. The normalized spacial score (nSPS) is 18.1. The lowest BCUT2D eigenvalue weighted by Crippen LogP contribution is -2.17. The van der Waals surface area contributed by atoms with E-state index in [4.69, 9.17) is 20.8 Å². The van der Waals surface area contributed by atoms with Crippen molar-refractivity contribution < 1.29 is 13.9 Å². The summed E-state index contributed by atoms with van der Waals surface area (Å²) >= 11 is 6.07. The van der Waals surface area contributed by atoms with Crippen LogP contribution in [0.4, 0.5) is 0 Å². The third-order valence-electron chi connectivity index (χ3n) is 3.42. The van der Waals surface area contributed by atoms with Crippen LogP contribution in [-0.2, 0) is 11.2 Å². The third kappa shape index (κ3) is 2.20. The van der Waals surface area contributed by atoms with Gasteiger partial charge >= 0.3 is 0 Å². The highest BCUT2D eigenvalue weighted by molar-refractivity contribution is 6.30. The standard InChI is InChI=1S/C15H13ClO3/c1-9-13(7-12(8-17)19-9)15-14-6-11(16)3-2-10(14)4-5-18-15/h2-3,6-8,15H,4-5H2,1H3. The fourth-order valence-corrected chi connectivity index (χ4v) is 2.69. The molecule has 1 aromatic heterocycles. The summed E-state index contributed by atoms with van der Waals surface area (Å²) in [6.45, 7) is 2.49. The van der Waals surface area contributed by atoms with Crippen molar-refractivity contribution in [2.24, 2.45) is 0 Å². The molecular weight excluding hydrogens is 264 g/mol. The highest BCUT2D eigenvalue weighted by Crippen LogP contribution is 2.36. The zero-order chi connectivity index (χ0) is 13.4. The second-order valence-corrected chi connectivity index (χ2v) is 5.06. The van der Waals surface area contributed by atoms with Crippen LogP contribution in [0.15, 0.2) is 28.7 Å². The van der Waals surface area contributed by atoms with Crippen molar-refractivity contribution >= 4 is 17.9 Å². The van der Waals surface area contributed by atoms with E-state index in [-0.39, 0.29) is 6.10 Å². The Bertz CT molecular complexity index is 630. The molecule has 0 fully saturated rings. The Balaban J connectivity index is 2.09. The molecule has 1 aliphatic rings. The van der Waals surface area contributed by atoms with Gasteiger partial charge in [0, 0.05) is 10.6 Å². The molecule has 0 saturated heterocycles. The van der Waals surface area contributed by atoms with Gasteiger partial charge in [0.15, 0.2) is 12.0 Å². The first-order valence-corrected chi connectivity index (χ1v) is 6.52. The van der Waals surface area contributed by atoms with Gasteiger partial charge in [0.05, 0.1) is 6.61 Å². The van der Waals surface area contributed by atoms with Crippen LogP contribution in [0.1, 0.15) is 39.1 Å². The summed E-state index contributed by atoms with van der Waals surface area (Å²) in [6.07, 6.45) is 1.37. The maximum absolute atomic E-state index is 10.8. The van der Waals surface area contributed by atoms with Crippen molar-refractivity contribution in [2.45, 2.75) is 19.4 Å². The monoisotopic (exact) mass is 276 g/mol. The molecule has 1 aliphatic heterocycles. The molecular formula is C15H13ClO3. The number of aldehydes is 1. The number of carbonyl (C=O) groups excluding carboxylic acids is 1. The largest absolute Gasteiger partial charge is 0.458 e. The Kier molecular flexibility index (Phi) is 3.17. The summed E-state index contributed by atoms with van der Waals surface area (Å²) in [5, 5.41) is 0.686. The van der Waals surface area contributed by atoms with E-state index in [1.165, 1.54) is 5.56 Å². The van der Waals surface area contributed by atoms with E-state index in [0.717, 1.165) is 17.5 Å². The summed E-state index contributed by atoms with van der Waals surface area (Å²) in [6, 6.07) is 7.59. The van der Waals surface area contributed by atoms with Gasteiger partial charge in [-0.05, 0) is 42.7 Å². The lowest BCUT2D eigenvalue weighted by atomic mass is 9.93. The van der Waals surface area contributed by atoms with Crippen LogP contribution in [-0.4, -0.2) is 12.9 Å². The van der Waals surface area contributed by atoms with Gasteiger partial charge in [0.25, 0.3) is 0 Å². The molecule has 98 valence electrons. The predicted octanol–water partition coefficient (Wildman–Crippen LogP) is 3.72. The van der Waals surface area contributed by atoms with Crippen molar-refractivity contribution in [1.82, 2.24) is 0 Å². The van der Waals surface area contributed by atoms with Crippen LogP contribution in [0.25, 0.3) is 0 Å². The van der Waals surface area contributed by atoms with Crippen LogP contribution in [0.5, 0.6) is 0 Å². The minimum Gasteiger partial charge on any atom is -0.458 e. The Hall–Kier alpha value is -1.58. The average Bonchev–Trinajstić information content (AvgIpc) is 2.79. The molecule has 0 radical (unpaired) electrons. The molecule has 3 nitrogen and oxygen atoms in total. The highest BCUT2D eigenvalue weighted by Gasteiger charge is 2.26. The van der Waals surface area contributed by atoms with Crippen molar-refractivity contribution in [3.63, 3.8) is 0 Å². The summed E-state index contributed by atoms with van der Waals surface area (Å²) in [4.78, 5) is 10.8. The number of halogens is 1. The number of carbonyl (C=O) groups is 1. The summed E-state index contributed by atoms with van der Waals surface area (Å²) in [5.41, 5.74) is 3.18. The predicted molar refractivity (Wildman–Crippen MR) is 71.8 cm³/mol. The summed E-state index contributed by atoms with van der Waals surface area (Å²) in [5.74, 6) is 1.03. The zero-order valence-electron chi connectivity index (χ0n) is 10.5. The van der Waals surface area contributed by atoms with Crippen LogP contribution in [0.3, 0.4) is 0 Å². The molecule has 0 N–H and O–H groups in total. The smallest absolute Gasteiger partial charge is 0.185 e. The van der Waals surface area contributed by atoms with Gasteiger partial charge in [-0.3, -0.25) is 4.79 Å². The second-order valence-electron chi connectivity index (χ2n) is 4.62. The quantitative estimate of drug-likeness (QED) is 0.785. The van der Waals surface area contributed by atoms with Gasteiger partial charge in [-0.1, -0.05) is 17.7 Å². The molecule has 4 heteroatoms. The molecule has 0 bridgehead atoms. The number of fused-ring (bicyclic) bond motifs is 1. The van der Waals surface area contributed by atoms with E-state index in [1.54, 1.807) is 6.07 Å². The van der Waals surface area contributed by atoms with E-state index < -0.39 is 0 Å². The number of hydrogen-bond donors (Lipinski definition) is 0. The first-order valence-electron chi connectivity index (χ1n) is 6.14. The molecule has 0 saturated carbocycles. The summed E-state index contributed by atoms with van der Waals surface area (Å²) in [7, 11) is 0. The fourth-order valence-electron chi connectivity index (χ4n) is 2.51. The number of hydrogen-bond acceptors (Lipinski definition) is 3. The number of benzene rings is 1.